The maximum Gasteiger partial charge on any atom is 0.272 e. The van der Waals surface area contributed by atoms with E-state index in [1.54, 1.807) is 48.0 Å². The van der Waals surface area contributed by atoms with Gasteiger partial charge in [-0.15, -0.1) is 0 Å². The van der Waals surface area contributed by atoms with E-state index in [0.717, 1.165) is 22.0 Å². The lowest BCUT2D eigenvalue weighted by Gasteiger charge is -1.99. The van der Waals surface area contributed by atoms with Crippen molar-refractivity contribution < 1.29 is 13.2 Å². The van der Waals surface area contributed by atoms with Crippen molar-refractivity contribution in [2.24, 2.45) is 12.0 Å². The molecule has 3 aromatic rings. The van der Waals surface area contributed by atoms with Gasteiger partial charge in [0.1, 0.15) is 0 Å². The SMILES string of the molecule is Cn1c(=NC(=O)C=Cc2ccccc2Cl)sc2cc(S(C)(=O)=O)ccc21. The first-order valence-corrected chi connectivity index (χ1v) is 10.7. The first-order valence-electron chi connectivity index (χ1n) is 7.56. The monoisotopic (exact) mass is 406 g/mol. The zero-order valence-corrected chi connectivity index (χ0v) is 16.4. The zero-order valence-electron chi connectivity index (χ0n) is 14.0. The van der Waals surface area contributed by atoms with Crippen molar-refractivity contribution in [1.29, 1.82) is 0 Å². The van der Waals surface area contributed by atoms with Gasteiger partial charge in [-0.3, -0.25) is 4.79 Å². The zero-order chi connectivity index (χ0) is 18.9. The van der Waals surface area contributed by atoms with Gasteiger partial charge in [-0.25, -0.2) is 8.42 Å². The second kappa shape index (κ2) is 7.19. The Kier molecular flexibility index (Phi) is 5.13. The van der Waals surface area contributed by atoms with E-state index < -0.39 is 15.7 Å². The second-order valence-electron chi connectivity index (χ2n) is 5.65. The molecule has 0 aliphatic carbocycles. The average molecular weight is 407 g/mol. The fourth-order valence-electron chi connectivity index (χ4n) is 2.35. The van der Waals surface area contributed by atoms with Gasteiger partial charge < -0.3 is 4.57 Å². The van der Waals surface area contributed by atoms with E-state index in [2.05, 4.69) is 4.99 Å². The first-order chi connectivity index (χ1) is 12.3. The molecule has 134 valence electrons. The van der Waals surface area contributed by atoms with Crippen molar-refractivity contribution in [2.75, 3.05) is 6.26 Å². The molecule has 1 heterocycles. The summed E-state index contributed by atoms with van der Waals surface area (Å²) in [5, 5.41) is 0.553. The van der Waals surface area contributed by atoms with Gasteiger partial charge in [0.25, 0.3) is 5.91 Å². The molecule has 3 rings (SSSR count). The summed E-state index contributed by atoms with van der Waals surface area (Å²) in [6.07, 6.45) is 4.13. The standard InChI is InChI=1S/C18H15ClN2O3S2/c1-21-15-9-8-13(26(2,23)24)11-16(15)25-18(21)20-17(22)10-7-12-5-3-4-6-14(12)19/h3-11H,1-2H3. The van der Waals surface area contributed by atoms with E-state index in [1.807, 2.05) is 12.1 Å². The number of hydrogen-bond donors (Lipinski definition) is 0. The Bertz CT molecular complexity index is 1200. The molecule has 0 aliphatic rings. The van der Waals surface area contributed by atoms with Crippen LogP contribution in [0.25, 0.3) is 16.3 Å². The molecule has 0 atom stereocenters. The number of rotatable bonds is 3. The molecule has 0 aliphatic heterocycles. The number of fused-ring (bicyclic) bond motifs is 1. The first kappa shape index (κ1) is 18.6. The van der Waals surface area contributed by atoms with E-state index in [0.29, 0.717) is 9.82 Å². The molecular formula is C18H15ClN2O3S2. The van der Waals surface area contributed by atoms with Crippen molar-refractivity contribution >= 4 is 55.0 Å². The Hall–Kier alpha value is -2.22. The summed E-state index contributed by atoms with van der Waals surface area (Å²) < 4.78 is 25.9. The van der Waals surface area contributed by atoms with Gasteiger partial charge in [-0.1, -0.05) is 41.1 Å². The highest BCUT2D eigenvalue weighted by molar-refractivity contribution is 7.90. The van der Waals surface area contributed by atoms with E-state index in [9.17, 15) is 13.2 Å². The van der Waals surface area contributed by atoms with Crippen LogP contribution in [0, 0.1) is 0 Å². The van der Waals surface area contributed by atoms with Crippen molar-refractivity contribution in [3.63, 3.8) is 0 Å². The minimum Gasteiger partial charge on any atom is -0.319 e. The van der Waals surface area contributed by atoms with Crippen molar-refractivity contribution in [3.8, 4) is 0 Å². The highest BCUT2D eigenvalue weighted by atomic mass is 35.5. The number of sulfone groups is 1. The lowest BCUT2D eigenvalue weighted by atomic mass is 10.2. The molecule has 0 fully saturated rings. The maximum absolute atomic E-state index is 12.2. The van der Waals surface area contributed by atoms with Gasteiger partial charge >= 0.3 is 0 Å². The van der Waals surface area contributed by atoms with Crippen LogP contribution in [0.5, 0.6) is 0 Å². The highest BCUT2D eigenvalue weighted by Crippen LogP contribution is 2.21. The third kappa shape index (κ3) is 3.95. The third-order valence-electron chi connectivity index (χ3n) is 3.73. The number of nitrogens with zero attached hydrogens (tertiary/aromatic N) is 2. The summed E-state index contributed by atoms with van der Waals surface area (Å²) in [7, 11) is -1.51. The number of hydrogen-bond acceptors (Lipinski definition) is 4. The van der Waals surface area contributed by atoms with Gasteiger partial charge in [-0.2, -0.15) is 4.99 Å². The fourth-order valence-corrected chi connectivity index (χ4v) is 4.34. The molecule has 0 N–H and O–H groups in total. The molecule has 0 spiro atoms. The topological polar surface area (TPSA) is 68.5 Å². The van der Waals surface area contributed by atoms with E-state index in [4.69, 9.17) is 11.6 Å². The van der Waals surface area contributed by atoms with E-state index >= 15 is 0 Å². The number of aromatic nitrogens is 1. The summed E-state index contributed by atoms with van der Waals surface area (Å²) in [6, 6.07) is 12.1. The number of thiazole rings is 1. The highest BCUT2D eigenvalue weighted by Gasteiger charge is 2.11. The lowest BCUT2D eigenvalue weighted by molar-refractivity contribution is -0.113. The Morgan fingerprint density at radius 2 is 1.96 bits per heavy atom. The summed E-state index contributed by atoms with van der Waals surface area (Å²) in [6.45, 7) is 0. The van der Waals surface area contributed by atoms with E-state index in [1.165, 1.54) is 17.4 Å². The van der Waals surface area contributed by atoms with Crippen LogP contribution in [0.2, 0.25) is 5.02 Å². The van der Waals surface area contributed by atoms with Crippen LogP contribution in [-0.2, 0) is 21.7 Å². The van der Waals surface area contributed by atoms with Crippen LogP contribution >= 0.6 is 22.9 Å². The Labute approximate surface area is 159 Å². The van der Waals surface area contributed by atoms with Crippen molar-refractivity contribution in [1.82, 2.24) is 4.57 Å². The van der Waals surface area contributed by atoms with Gasteiger partial charge in [0.05, 0.1) is 15.1 Å². The van der Waals surface area contributed by atoms with Gasteiger partial charge in [-0.05, 0) is 35.9 Å². The molecule has 0 bridgehead atoms. The molecule has 0 saturated carbocycles. The Balaban J connectivity index is 1.98. The molecule has 1 amide bonds. The molecule has 1 aromatic heterocycles. The van der Waals surface area contributed by atoms with Crippen molar-refractivity contribution in [2.45, 2.75) is 4.90 Å². The van der Waals surface area contributed by atoms with Gasteiger partial charge in [0.2, 0.25) is 0 Å². The minimum absolute atomic E-state index is 0.239. The molecule has 26 heavy (non-hydrogen) atoms. The van der Waals surface area contributed by atoms with Gasteiger partial charge in [0, 0.05) is 24.4 Å². The number of aryl methyl sites for hydroxylation is 1. The smallest absolute Gasteiger partial charge is 0.272 e. The van der Waals surface area contributed by atoms with Crippen LogP contribution in [0.4, 0.5) is 0 Å². The predicted molar refractivity (Wildman–Crippen MR) is 105 cm³/mol. The molecule has 8 heteroatoms. The molecule has 5 nitrogen and oxygen atoms in total. The molecule has 0 unspecified atom stereocenters. The number of carbonyl (C=O) groups is 1. The maximum atomic E-state index is 12.2. The number of amides is 1. The average Bonchev–Trinajstić information content (AvgIpc) is 2.89. The fraction of sp³-hybridized carbons (Fsp3) is 0.111. The summed E-state index contributed by atoms with van der Waals surface area (Å²) in [5.41, 5.74) is 1.54. The largest absolute Gasteiger partial charge is 0.319 e. The molecule has 2 aromatic carbocycles. The Morgan fingerprint density at radius 3 is 2.65 bits per heavy atom. The predicted octanol–water partition coefficient (Wildman–Crippen LogP) is 3.44. The lowest BCUT2D eigenvalue weighted by Crippen LogP contribution is -2.12. The van der Waals surface area contributed by atoms with E-state index in [-0.39, 0.29) is 4.90 Å². The minimum atomic E-state index is -3.29. The molecular weight excluding hydrogens is 392 g/mol. The van der Waals surface area contributed by atoms with Crippen LogP contribution in [0.1, 0.15) is 5.56 Å². The summed E-state index contributed by atoms with van der Waals surface area (Å²) >= 11 is 7.31. The molecule has 0 saturated heterocycles. The molecule has 0 radical (unpaired) electrons. The van der Waals surface area contributed by atoms with Crippen LogP contribution in [0.3, 0.4) is 0 Å². The van der Waals surface area contributed by atoms with Crippen LogP contribution < -0.4 is 4.80 Å². The summed E-state index contributed by atoms with van der Waals surface area (Å²) in [4.78, 5) is 17.0. The quantitative estimate of drug-likeness (QED) is 0.625. The Morgan fingerprint density at radius 1 is 1.23 bits per heavy atom. The third-order valence-corrected chi connectivity index (χ3v) is 6.27. The number of halogens is 1. The summed E-state index contributed by atoms with van der Waals surface area (Å²) in [5.74, 6) is -0.421. The van der Waals surface area contributed by atoms with Crippen LogP contribution in [-0.4, -0.2) is 25.1 Å². The van der Waals surface area contributed by atoms with Gasteiger partial charge in [0.15, 0.2) is 14.6 Å². The normalized spacial score (nSPS) is 13.0. The second-order valence-corrected chi connectivity index (χ2v) is 9.08. The van der Waals surface area contributed by atoms with Crippen LogP contribution in [0.15, 0.2) is 58.4 Å². The number of carbonyl (C=O) groups excluding carboxylic acids is 1. The van der Waals surface area contributed by atoms with Crippen molar-refractivity contribution in [3.05, 3.63) is 63.9 Å². The number of benzene rings is 2.